The van der Waals surface area contributed by atoms with E-state index in [4.69, 9.17) is 21.1 Å². The van der Waals surface area contributed by atoms with Crippen molar-refractivity contribution >= 4 is 56.9 Å². The van der Waals surface area contributed by atoms with Crippen molar-refractivity contribution < 1.29 is 33.8 Å². The van der Waals surface area contributed by atoms with Crippen LogP contribution in [0.1, 0.15) is 33.6 Å². The Balaban J connectivity index is 1.66. The molecule has 2 N–H and O–H groups in total. The Labute approximate surface area is 258 Å². The van der Waals surface area contributed by atoms with Crippen LogP contribution in [0.4, 0.5) is 5.69 Å². The van der Waals surface area contributed by atoms with Gasteiger partial charge in [-0.2, -0.15) is 0 Å². The molecule has 7 atom stereocenters. The van der Waals surface area contributed by atoms with Crippen LogP contribution in [0.5, 0.6) is 0 Å². The SMILES string of the molecule is CC(C)[C@H](CO)N1C(=O)[C@@H]2[C@H]3C(=O)O[C@@H](C)CNC(=O)CC/C=C\CN(c4ccc(Cl)cc4)C(=O)[C@@H]1[C@]21C=C(Br)[C@H]3O1. The molecular formula is C30H35BrClN3O7. The molecule has 0 saturated carbocycles. The third-order valence-electron chi connectivity index (χ3n) is 8.48. The smallest absolute Gasteiger partial charge is 0.313 e. The van der Waals surface area contributed by atoms with Crippen LogP contribution in [-0.4, -0.2) is 83.3 Å². The van der Waals surface area contributed by atoms with E-state index in [1.54, 1.807) is 43.3 Å². The second-order valence-corrected chi connectivity index (χ2v) is 12.9. The highest BCUT2D eigenvalue weighted by Gasteiger charge is 2.75. The van der Waals surface area contributed by atoms with Gasteiger partial charge < -0.3 is 29.7 Å². The molecule has 0 aromatic heterocycles. The zero-order chi connectivity index (χ0) is 30.3. The van der Waals surface area contributed by atoms with Crippen LogP contribution >= 0.6 is 27.5 Å². The first kappa shape index (κ1) is 30.7. The third kappa shape index (κ3) is 5.29. The number of fused-ring (bicyclic) bond motifs is 2. The lowest BCUT2D eigenvalue weighted by atomic mass is 9.74. The zero-order valence-corrected chi connectivity index (χ0v) is 26.0. The molecule has 2 fully saturated rings. The fourth-order valence-corrected chi connectivity index (χ4v) is 7.31. The van der Waals surface area contributed by atoms with Gasteiger partial charge in [-0.15, -0.1) is 0 Å². The fourth-order valence-electron chi connectivity index (χ4n) is 6.45. The number of hydrogen-bond donors (Lipinski definition) is 2. The highest BCUT2D eigenvalue weighted by Crippen LogP contribution is 2.59. The van der Waals surface area contributed by atoms with Crippen molar-refractivity contribution in [2.24, 2.45) is 17.8 Å². The number of carbonyl (C=O) groups is 4. The average Bonchev–Trinajstić information content (AvgIpc) is 3.53. The van der Waals surface area contributed by atoms with E-state index in [2.05, 4.69) is 21.2 Å². The number of likely N-dealkylation sites (tertiary alicyclic amines) is 1. The number of anilines is 1. The second-order valence-electron chi connectivity index (χ2n) is 11.6. The molecule has 5 bridgehead atoms. The minimum atomic E-state index is -1.47. The molecule has 4 aliphatic rings. The van der Waals surface area contributed by atoms with E-state index in [0.717, 1.165) is 0 Å². The normalized spacial score (nSPS) is 33.4. The lowest BCUT2D eigenvalue weighted by molar-refractivity contribution is -0.159. The van der Waals surface area contributed by atoms with E-state index >= 15 is 0 Å². The lowest BCUT2D eigenvalue weighted by Crippen LogP contribution is -2.59. The highest BCUT2D eigenvalue weighted by atomic mass is 79.9. The summed E-state index contributed by atoms with van der Waals surface area (Å²) in [5.41, 5.74) is -0.925. The Morgan fingerprint density at radius 3 is 2.52 bits per heavy atom. The van der Waals surface area contributed by atoms with Gasteiger partial charge in [0, 0.05) is 28.2 Å². The minimum absolute atomic E-state index is 0.116. The number of nitrogens with one attached hydrogen (secondary N) is 1. The molecule has 226 valence electrons. The van der Waals surface area contributed by atoms with Gasteiger partial charge in [0.15, 0.2) is 0 Å². The fraction of sp³-hybridized carbons (Fsp3) is 0.533. The third-order valence-corrected chi connectivity index (χ3v) is 9.42. The van der Waals surface area contributed by atoms with Crippen LogP contribution in [0.25, 0.3) is 0 Å². The molecule has 4 aliphatic heterocycles. The molecule has 0 unspecified atom stereocenters. The van der Waals surface area contributed by atoms with Crippen molar-refractivity contribution in [2.75, 3.05) is 24.6 Å². The van der Waals surface area contributed by atoms with Gasteiger partial charge in [0.1, 0.15) is 29.8 Å². The maximum absolute atomic E-state index is 14.8. The standard InChI is InChI=1S/C30H35BrClN3O7/c1-16(2)21(15-36)35-26-28(39)34(19-10-8-18(32)9-11-19)12-6-4-5-7-22(37)33-14-17(3)41-29(40)23-24(27(35)38)30(26)13-20(31)25(23)42-30/h4,6,8-11,13,16-17,21,23-26,36H,5,7,12,14-15H2,1-3H3,(H,33,37)/b6-4-/t17-,21-,23+,24-,25+,26+,30-/m0/s1. The van der Waals surface area contributed by atoms with Crippen molar-refractivity contribution in [3.8, 4) is 0 Å². The van der Waals surface area contributed by atoms with E-state index < -0.39 is 59.5 Å². The topological polar surface area (TPSA) is 125 Å². The number of amides is 3. The van der Waals surface area contributed by atoms with Gasteiger partial charge in [-0.1, -0.05) is 53.5 Å². The minimum Gasteiger partial charge on any atom is -0.460 e. The number of ether oxygens (including phenoxy) is 2. The maximum atomic E-state index is 14.8. The van der Waals surface area contributed by atoms with Crippen LogP contribution < -0.4 is 10.2 Å². The molecule has 10 nitrogen and oxygen atoms in total. The van der Waals surface area contributed by atoms with E-state index in [9.17, 15) is 24.3 Å². The van der Waals surface area contributed by atoms with Gasteiger partial charge in [0.05, 0.1) is 25.1 Å². The summed E-state index contributed by atoms with van der Waals surface area (Å²) < 4.78 is 12.8. The molecule has 5 rings (SSSR count). The van der Waals surface area contributed by atoms with Crippen LogP contribution in [0.3, 0.4) is 0 Å². The summed E-state index contributed by atoms with van der Waals surface area (Å²) in [5.74, 6) is -4.00. The van der Waals surface area contributed by atoms with Gasteiger partial charge in [0.2, 0.25) is 11.8 Å². The molecular weight excluding hydrogens is 630 g/mol. The van der Waals surface area contributed by atoms with Gasteiger partial charge in [-0.05, 0) is 49.6 Å². The summed E-state index contributed by atoms with van der Waals surface area (Å²) in [4.78, 5) is 58.1. The van der Waals surface area contributed by atoms with E-state index in [1.165, 1.54) is 9.80 Å². The predicted octanol–water partition coefficient (Wildman–Crippen LogP) is 2.96. The number of rotatable bonds is 4. The average molecular weight is 665 g/mol. The first-order valence-corrected chi connectivity index (χ1v) is 15.4. The Hall–Kier alpha value is -2.73. The first-order valence-electron chi connectivity index (χ1n) is 14.2. The maximum Gasteiger partial charge on any atom is 0.313 e. The van der Waals surface area contributed by atoms with Crippen molar-refractivity contribution in [3.05, 3.63) is 52.0 Å². The number of esters is 1. The predicted molar refractivity (Wildman–Crippen MR) is 159 cm³/mol. The second kappa shape index (κ2) is 12.1. The van der Waals surface area contributed by atoms with E-state index in [-0.39, 0.29) is 37.9 Å². The molecule has 4 heterocycles. The van der Waals surface area contributed by atoms with Crippen LogP contribution in [-0.2, 0) is 28.7 Å². The molecule has 0 radical (unpaired) electrons. The van der Waals surface area contributed by atoms with E-state index in [0.29, 0.717) is 21.6 Å². The molecule has 2 saturated heterocycles. The largest absolute Gasteiger partial charge is 0.460 e. The Bertz CT molecular complexity index is 1320. The van der Waals surface area contributed by atoms with Crippen LogP contribution in [0.15, 0.2) is 47.0 Å². The number of benzene rings is 1. The van der Waals surface area contributed by atoms with Crippen LogP contribution in [0.2, 0.25) is 5.02 Å². The first-order chi connectivity index (χ1) is 20.0. The molecule has 1 aromatic rings. The number of carbonyl (C=O) groups excluding carboxylic acids is 4. The molecule has 12 heteroatoms. The number of halogens is 2. The van der Waals surface area contributed by atoms with Crippen molar-refractivity contribution in [1.29, 1.82) is 0 Å². The molecule has 42 heavy (non-hydrogen) atoms. The molecule has 1 aromatic carbocycles. The number of allylic oxidation sites excluding steroid dienone is 1. The molecule has 1 spiro atoms. The number of aliphatic hydroxyl groups excluding tert-OH is 1. The number of aliphatic hydroxyl groups is 1. The van der Waals surface area contributed by atoms with Gasteiger partial charge in [-0.25, -0.2) is 0 Å². The zero-order valence-electron chi connectivity index (χ0n) is 23.7. The quantitative estimate of drug-likeness (QED) is 0.375. The lowest BCUT2D eigenvalue weighted by Gasteiger charge is -2.40. The summed E-state index contributed by atoms with van der Waals surface area (Å²) >= 11 is 9.68. The van der Waals surface area contributed by atoms with Gasteiger partial charge in [-0.3, -0.25) is 19.2 Å². The highest BCUT2D eigenvalue weighted by molar-refractivity contribution is 9.11. The number of hydrogen-bond acceptors (Lipinski definition) is 7. The summed E-state index contributed by atoms with van der Waals surface area (Å²) in [6.45, 7) is 5.28. The van der Waals surface area contributed by atoms with Crippen molar-refractivity contribution in [1.82, 2.24) is 10.2 Å². The molecule has 3 amide bonds. The Kier molecular flexibility index (Phi) is 8.85. The summed E-state index contributed by atoms with van der Waals surface area (Å²) in [7, 11) is 0. The summed E-state index contributed by atoms with van der Waals surface area (Å²) in [6, 6.07) is 4.89. The molecule has 0 aliphatic carbocycles. The van der Waals surface area contributed by atoms with Crippen molar-refractivity contribution in [2.45, 2.75) is 63.5 Å². The monoisotopic (exact) mass is 663 g/mol. The van der Waals surface area contributed by atoms with Crippen LogP contribution in [0, 0.1) is 17.8 Å². The number of nitrogens with zero attached hydrogens (tertiary/aromatic N) is 2. The summed E-state index contributed by atoms with van der Waals surface area (Å²) in [5, 5.41) is 13.7. The number of cyclic esters (lactones) is 1. The van der Waals surface area contributed by atoms with E-state index in [1.807, 2.05) is 19.9 Å². The Morgan fingerprint density at radius 1 is 1.14 bits per heavy atom. The summed E-state index contributed by atoms with van der Waals surface area (Å²) in [6.07, 6.45) is 4.54. The Morgan fingerprint density at radius 2 is 1.86 bits per heavy atom. The van der Waals surface area contributed by atoms with Gasteiger partial charge >= 0.3 is 5.97 Å². The van der Waals surface area contributed by atoms with Crippen molar-refractivity contribution in [3.63, 3.8) is 0 Å². The van der Waals surface area contributed by atoms with Gasteiger partial charge in [0.25, 0.3) is 5.91 Å².